The van der Waals surface area contributed by atoms with Crippen LogP contribution in [0.15, 0.2) is 51.4 Å². The van der Waals surface area contributed by atoms with Gasteiger partial charge in [0.05, 0.1) is 5.54 Å². The quantitative estimate of drug-likeness (QED) is 0.566. The van der Waals surface area contributed by atoms with Gasteiger partial charge < -0.3 is 10.6 Å². The Morgan fingerprint density at radius 1 is 0.958 bits per heavy atom. The van der Waals surface area contributed by atoms with Crippen LogP contribution in [0, 0.1) is 5.92 Å². The Bertz CT molecular complexity index is 798. The van der Waals surface area contributed by atoms with Gasteiger partial charge in [0.2, 0.25) is 0 Å². The van der Waals surface area contributed by atoms with E-state index in [2.05, 4.69) is 85.0 Å². The second-order valence-electron chi connectivity index (χ2n) is 7.52. The molecule has 24 heavy (non-hydrogen) atoms. The summed E-state index contributed by atoms with van der Waals surface area (Å²) in [7, 11) is 0. The van der Waals surface area contributed by atoms with Crippen molar-refractivity contribution in [2.24, 2.45) is 5.92 Å². The molecule has 4 heteroatoms. The molecule has 0 saturated heterocycles. The Balaban J connectivity index is 1.62. The van der Waals surface area contributed by atoms with Crippen molar-refractivity contribution in [1.82, 2.24) is 0 Å². The summed E-state index contributed by atoms with van der Waals surface area (Å²) in [5.74, 6) is 0.671. The van der Waals surface area contributed by atoms with Crippen molar-refractivity contribution in [1.29, 1.82) is 0 Å². The molecular formula is C20H20Br2N2. The maximum Gasteiger partial charge on any atom is 0.0696 e. The van der Waals surface area contributed by atoms with Crippen molar-refractivity contribution >= 4 is 43.2 Å². The van der Waals surface area contributed by atoms with Crippen LogP contribution in [0.3, 0.4) is 0 Å². The molecule has 2 aromatic carbocycles. The maximum absolute atomic E-state index is 3.95. The van der Waals surface area contributed by atoms with Gasteiger partial charge in [-0.2, -0.15) is 0 Å². The van der Waals surface area contributed by atoms with E-state index in [1.807, 2.05) is 0 Å². The van der Waals surface area contributed by atoms with Gasteiger partial charge in [-0.15, -0.1) is 0 Å². The third kappa shape index (κ3) is 2.05. The first kappa shape index (κ1) is 15.3. The summed E-state index contributed by atoms with van der Waals surface area (Å²) in [4.78, 5) is 0. The van der Waals surface area contributed by atoms with Crippen LogP contribution in [0.2, 0.25) is 0 Å². The Kier molecular flexibility index (Phi) is 3.34. The van der Waals surface area contributed by atoms with Crippen molar-refractivity contribution in [3.63, 3.8) is 0 Å². The molecule has 0 bridgehead atoms. The Hall–Kier alpha value is -1.00. The standard InChI is InChI=1S/C20H20Br2N2/c21-13-2-5-15(6-3-13)23-20-11-8-18(20)19(9-1-10-19)24-17-7-4-14(22)12-16(17)20/h2-7,12,18,23-24H,1,8-11H2. The zero-order valence-electron chi connectivity index (χ0n) is 13.4. The molecule has 2 saturated carbocycles. The van der Waals surface area contributed by atoms with E-state index >= 15 is 0 Å². The molecule has 2 unspecified atom stereocenters. The zero-order chi connectivity index (χ0) is 16.4. The number of hydrogen-bond donors (Lipinski definition) is 2. The Morgan fingerprint density at radius 3 is 2.33 bits per heavy atom. The molecule has 3 aliphatic rings. The highest BCUT2D eigenvalue weighted by Gasteiger charge is 2.63. The summed E-state index contributed by atoms with van der Waals surface area (Å²) in [6.07, 6.45) is 6.47. The lowest BCUT2D eigenvalue weighted by Crippen LogP contribution is -2.68. The van der Waals surface area contributed by atoms with Crippen molar-refractivity contribution in [3.8, 4) is 0 Å². The fourth-order valence-corrected chi connectivity index (χ4v) is 5.66. The van der Waals surface area contributed by atoms with Gasteiger partial charge in [-0.05, 0) is 74.6 Å². The van der Waals surface area contributed by atoms with Crippen molar-refractivity contribution in [3.05, 3.63) is 57.0 Å². The lowest BCUT2D eigenvalue weighted by Gasteiger charge is -2.66. The third-order valence-electron chi connectivity index (χ3n) is 6.39. The minimum atomic E-state index is 0.0681. The molecule has 124 valence electrons. The second kappa shape index (κ2) is 5.25. The van der Waals surface area contributed by atoms with Crippen LogP contribution in [0.5, 0.6) is 0 Å². The van der Waals surface area contributed by atoms with Crippen LogP contribution in [0.4, 0.5) is 11.4 Å². The molecule has 0 aromatic heterocycles. The van der Waals surface area contributed by atoms with Gasteiger partial charge in [0.15, 0.2) is 0 Å². The highest BCUT2D eigenvalue weighted by molar-refractivity contribution is 9.10. The fraction of sp³-hybridized carbons (Fsp3) is 0.400. The lowest BCUT2D eigenvalue weighted by molar-refractivity contribution is 0.0196. The molecule has 1 spiro atoms. The van der Waals surface area contributed by atoms with Gasteiger partial charge in [0.1, 0.15) is 0 Å². The molecule has 2 atom stereocenters. The molecule has 2 aromatic rings. The van der Waals surface area contributed by atoms with Gasteiger partial charge in [0.25, 0.3) is 0 Å². The van der Waals surface area contributed by atoms with Crippen molar-refractivity contribution in [2.75, 3.05) is 10.6 Å². The van der Waals surface area contributed by atoms with Crippen molar-refractivity contribution in [2.45, 2.75) is 43.2 Å². The van der Waals surface area contributed by atoms with E-state index in [0.29, 0.717) is 11.5 Å². The van der Waals surface area contributed by atoms with Crippen molar-refractivity contribution < 1.29 is 0 Å². The molecular weight excluding hydrogens is 428 g/mol. The number of hydrogen-bond acceptors (Lipinski definition) is 2. The highest BCUT2D eigenvalue weighted by Crippen LogP contribution is 2.63. The number of rotatable bonds is 2. The molecule has 1 heterocycles. The third-order valence-corrected chi connectivity index (χ3v) is 7.41. The Labute approximate surface area is 159 Å². The second-order valence-corrected chi connectivity index (χ2v) is 9.35. The number of anilines is 2. The zero-order valence-corrected chi connectivity index (χ0v) is 16.6. The van der Waals surface area contributed by atoms with E-state index in [4.69, 9.17) is 0 Å². The number of benzene rings is 2. The minimum Gasteiger partial charge on any atom is -0.379 e. The summed E-state index contributed by atoms with van der Waals surface area (Å²) < 4.78 is 2.29. The number of fused-ring (bicyclic) bond motifs is 4. The summed E-state index contributed by atoms with van der Waals surface area (Å²) in [6.45, 7) is 0. The van der Waals surface area contributed by atoms with Gasteiger partial charge in [-0.25, -0.2) is 0 Å². The van der Waals surface area contributed by atoms with Crippen LogP contribution < -0.4 is 10.6 Å². The number of halogens is 2. The summed E-state index contributed by atoms with van der Waals surface area (Å²) >= 11 is 7.22. The largest absolute Gasteiger partial charge is 0.379 e. The summed E-state index contributed by atoms with van der Waals surface area (Å²) in [5, 5.41) is 7.87. The topological polar surface area (TPSA) is 24.1 Å². The van der Waals surface area contributed by atoms with E-state index < -0.39 is 0 Å². The normalized spacial score (nSPS) is 28.8. The average molecular weight is 448 g/mol. The van der Waals surface area contributed by atoms with Gasteiger partial charge in [0, 0.05) is 37.3 Å². The average Bonchev–Trinajstić information content (AvgIpc) is 2.52. The van der Waals surface area contributed by atoms with E-state index in [-0.39, 0.29) is 5.54 Å². The lowest BCUT2D eigenvalue weighted by atomic mass is 9.48. The van der Waals surface area contributed by atoms with Gasteiger partial charge >= 0.3 is 0 Å². The van der Waals surface area contributed by atoms with Crippen LogP contribution in [-0.4, -0.2) is 5.54 Å². The van der Waals surface area contributed by atoms with Crippen LogP contribution in [0.25, 0.3) is 0 Å². The van der Waals surface area contributed by atoms with Gasteiger partial charge in [-0.1, -0.05) is 31.9 Å². The SMILES string of the molecule is Brc1ccc(NC23CCC2C2(CCC2)Nc2ccc(Br)cc23)cc1. The first-order chi connectivity index (χ1) is 11.6. The predicted molar refractivity (Wildman–Crippen MR) is 107 cm³/mol. The van der Waals surface area contributed by atoms with Crippen LogP contribution in [-0.2, 0) is 5.54 Å². The fourth-order valence-electron chi connectivity index (χ4n) is 5.04. The van der Waals surface area contributed by atoms with E-state index in [1.54, 1.807) is 0 Å². The molecule has 0 amide bonds. The van der Waals surface area contributed by atoms with Gasteiger partial charge in [-0.3, -0.25) is 0 Å². The maximum atomic E-state index is 3.95. The van der Waals surface area contributed by atoms with E-state index in [0.717, 1.165) is 8.95 Å². The highest BCUT2D eigenvalue weighted by atomic mass is 79.9. The molecule has 2 nitrogen and oxygen atoms in total. The van der Waals surface area contributed by atoms with E-state index in [1.165, 1.54) is 49.0 Å². The molecule has 2 N–H and O–H groups in total. The summed E-state index contributed by atoms with van der Waals surface area (Å²) in [6, 6.07) is 15.3. The first-order valence-electron chi connectivity index (χ1n) is 8.73. The molecule has 0 radical (unpaired) electrons. The van der Waals surface area contributed by atoms with Crippen LogP contribution >= 0.6 is 31.9 Å². The molecule has 5 rings (SSSR count). The monoisotopic (exact) mass is 446 g/mol. The van der Waals surface area contributed by atoms with Crippen LogP contribution in [0.1, 0.15) is 37.7 Å². The minimum absolute atomic E-state index is 0.0681. The molecule has 1 aliphatic heterocycles. The first-order valence-corrected chi connectivity index (χ1v) is 10.3. The summed E-state index contributed by atoms with van der Waals surface area (Å²) in [5.41, 5.74) is 4.33. The van der Waals surface area contributed by atoms with E-state index in [9.17, 15) is 0 Å². The predicted octanol–water partition coefficient (Wildman–Crippen LogP) is 6.28. The Morgan fingerprint density at radius 2 is 1.71 bits per heavy atom. The molecule has 2 aliphatic carbocycles. The smallest absolute Gasteiger partial charge is 0.0696 e. The number of nitrogens with one attached hydrogen (secondary N) is 2. The molecule has 2 fully saturated rings.